The zero-order valence-corrected chi connectivity index (χ0v) is 19.1. The van der Waals surface area contributed by atoms with Crippen LogP contribution in [-0.4, -0.2) is 15.7 Å². The van der Waals surface area contributed by atoms with E-state index >= 15 is 0 Å². The number of benzene rings is 3. The summed E-state index contributed by atoms with van der Waals surface area (Å²) in [5.74, 6) is 0.457. The summed E-state index contributed by atoms with van der Waals surface area (Å²) >= 11 is 12.4. The number of hydrogen-bond acceptors (Lipinski definition) is 3. The number of rotatable bonds is 6. The molecule has 5 nitrogen and oxygen atoms in total. The number of nitrogens with one attached hydrogen (secondary N) is 1. The molecule has 1 aromatic heterocycles. The Hall–Kier alpha value is -3.28. The van der Waals surface area contributed by atoms with Crippen molar-refractivity contribution in [3.8, 4) is 11.4 Å². The second-order valence-electron chi connectivity index (χ2n) is 7.30. The fourth-order valence-electron chi connectivity index (χ4n) is 3.24. The van der Waals surface area contributed by atoms with Crippen molar-refractivity contribution in [2.24, 2.45) is 0 Å². The largest absolute Gasteiger partial charge is 0.489 e. The summed E-state index contributed by atoms with van der Waals surface area (Å²) in [6.07, 6.45) is 0. The molecular weight excluding hydrogens is 445 g/mol. The molecule has 0 atom stereocenters. The third-order valence-electron chi connectivity index (χ3n) is 5.04. The van der Waals surface area contributed by atoms with Crippen LogP contribution in [0.3, 0.4) is 0 Å². The van der Waals surface area contributed by atoms with Crippen molar-refractivity contribution in [3.63, 3.8) is 0 Å². The molecule has 32 heavy (non-hydrogen) atoms. The minimum atomic E-state index is -0.204. The molecule has 7 heteroatoms. The summed E-state index contributed by atoms with van der Waals surface area (Å²) in [5, 5.41) is 8.66. The Morgan fingerprint density at radius 2 is 1.66 bits per heavy atom. The lowest BCUT2D eigenvalue weighted by Crippen LogP contribution is -2.12. The first-order valence-corrected chi connectivity index (χ1v) is 10.8. The SMILES string of the molecule is Cc1nn(-c2ccc(NC(=O)c3ccc(OCc4ccccc4Cl)cc3)cc2)c(C)c1Cl. The molecule has 4 aromatic rings. The highest BCUT2D eigenvalue weighted by molar-refractivity contribution is 6.32. The maximum Gasteiger partial charge on any atom is 0.255 e. The lowest BCUT2D eigenvalue weighted by molar-refractivity contribution is 0.102. The Bertz CT molecular complexity index is 1250. The zero-order chi connectivity index (χ0) is 22.7. The Kier molecular flexibility index (Phi) is 6.49. The average Bonchev–Trinajstić information content (AvgIpc) is 3.06. The van der Waals surface area contributed by atoms with Crippen LogP contribution in [0.15, 0.2) is 72.8 Å². The highest BCUT2D eigenvalue weighted by Gasteiger charge is 2.11. The van der Waals surface area contributed by atoms with Gasteiger partial charge < -0.3 is 10.1 Å². The third kappa shape index (κ3) is 4.79. The molecule has 0 unspecified atom stereocenters. The van der Waals surface area contributed by atoms with E-state index in [0.717, 1.165) is 22.6 Å². The number of hydrogen-bond donors (Lipinski definition) is 1. The molecule has 1 N–H and O–H groups in total. The molecule has 0 bridgehead atoms. The fraction of sp³-hybridized carbons (Fsp3) is 0.120. The van der Waals surface area contributed by atoms with Crippen LogP contribution in [0.2, 0.25) is 10.0 Å². The number of aryl methyl sites for hydroxylation is 1. The standard InChI is InChI=1S/C25H21Cl2N3O2/c1-16-24(27)17(2)30(29-16)21-11-9-20(10-12-21)28-25(31)18-7-13-22(14-8-18)32-15-19-5-3-4-6-23(19)26/h3-14H,15H2,1-2H3,(H,28,31). The van der Waals surface area contributed by atoms with Gasteiger partial charge in [-0.1, -0.05) is 41.4 Å². The van der Waals surface area contributed by atoms with Gasteiger partial charge in [-0.25, -0.2) is 4.68 Å². The van der Waals surface area contributed by atoms with Crippen molar-refractivity contribution < 1.29 is 9.53 Å². The third-order valence-corrected chi connectivity index (χ3v) is 5.96. The summed E-state index contributed by atoms with van der Waals surface area (Å²) in [6, 6.07) is 21.9. The van der Waals surface area contributed by atoms with Crippen LogP contribution in [0, 0.1) is 13.8 Å². The van der Waals surface area contributed by atoms with E-state index < -0.39 is 0 Å². The normalized spacial score (nSPS) is 10.8. The van der Waals surface area contributed by atoms with Gasteiger partial charge in [0.1, 0.15) is 12.4 Å². The van der Waals surface area contributed by atoms with Gasteiger partial charge in [-0.05, 0) is 68.4 Å². The number of ether oxygens (including phenoxy) is 1. The van der Waals surface area contributed by atoms with E-state index in [1.165, 1.54) is 0 Å². The second kappa shape index (κ2) is 9.47. The first kappa shape index (κ1) is 21.9. The van der Waals surface area contributed by atoms with Gasteiger partial charge in [-0.3, -0.25) is 4.79 Å². The van der Waals surface area contributed by atoms with E-state index in [2.05, 4.69) is 10.4 Å². The molecule has 0 fully saturated rings. The Balaban J connectivity index is 1.38. The van der Waals surface area contributed by atoms with E-state index in [4.69, 9.17) is 27.9 Å². The maximum atomic E-state index is 12.6. The number of carbonyl (C=O) groups excluding carboxylic acids is 1. The quantitative estimate of drug-likeness (QED) is 0.347. The molecule has 0 saturated heterocycles. The average molecular weight is 466 g/mol. The van der Waals surface area contributed by atoms with E-state index in [1.54, 1.807) is 28.9 Å². The molecule has 0 saturated carbocycles. The lowest BCUT2D eigenvalue weighted by Gasteiger charge is -2.10. The number of carbonyl (C=O) groups is 1. The fourth-order valence-corrected chi connectivity index (χ4v) is 3.55. The van der Waals surface area contributed by atoms with Gasteiger partial charge in [0.2, 0.25) is 0 Å². The monoisotopic (exact) mass is 465 g/mol. The molecular formula is C25H21Cl2N3O2. The van der Waals surface area contributed by atoms with Crippen LogP contribution in [-0.2, 0) is 6.61 Å². The maximum absolute atomic E-state index is 12.6. The molecule has 0 radical (unpaired) electrons. The number of amides is 1. The minimum absolute atomic E-state index is 0.204. The predicted octanol–water partition coefficient (Wildman–Crippen LogP) is 6.63. The number of halogens is 2. The van der Waals surface area contributed by atoms with E-state index in [1.807, 2.05) is 62.4 Å². The zero-order valence-electron chi connectivity index (χ0n) is 17.6. The highest BCUT2D eigenvalue weighted by Crippen LogP contribution is 2.24. The van der Waals surface area contributed by atoms with Crippen LogP contribution in [0.25, 0.3) is 5.69 Å². The predicted molar refractivity (Wildman–Crippen MR) is 128 cm³/mol. The molecule has 0 aliphatic rings. The lowest BCUT2D eigenvalue weighted by atomic mass is 10.2. The molecule has 1 heterocycles. The van der Waals surface area contributed by atoms with Gasteiger partial charge in [0, 0.05) is 21.8 Å². The van der Waals surface area contributed by atoms with Crippen molar-refractivity contribution in [2.75, 3.05) is 5.32 Å². The van der Waals surface area contributed by atoms with Crippen molar-refractivity contribution >= 4 is 34.8 Å². The van der Waals surface area contributed by atoms with Crippen molar-refractivity contribution in [2.45, 2.75) is 20.5 Å². The van der Waals surface area contributed by atoms with Gasteiger partial charge in [-0.15, -0.1) is 0 Å². The molecule has 1 amide bonds. The smallest absolute Gasteiger partial charge is 0.255 e. The van der Waals surface area contributed by atoms with Gasteiger partial charge in [0.05, 0.1) is 22.1 Å². The summed E-state index contributed by atoms with van der Waals surface area (Å²) in [6.45, 7) is 4.14. The van der Waals surface area contributed by atoms with E-state index in [9.17, 15) is 4.79 Å². The van der Waals surface area contributed by atoms with Crippen LogP contribution >= 0.6 is 23.2 Å². The van der Waals surface area contributed by atoms with Gasteiger partial charge in [0.15, 0.2) is 0 Å². The van der Waals surface area contributed by atoms with Gasteiger partial charge in [0.25, 0.3) is 5.91 Å². The van der Waals surface area contributed by atoms with Gasteiger partial charge in [-0.2, -0.15) is 5.10 Å². The second-order valence-corrected chi connectivity index (χ2v) is 8.09. The van der Waals surface area contributed by atoms with E-state index in [0.29, 0.717) is 33.7 Å². The summed E-state index contributed by atoms with van der Waals surface area (Å²) in [4.78, 5) is 12.6. The minimum Gasteiger partial charge on any atom is -0.489 e. The van der Waals surface area contributed by atoms with Crippen LogP contribution in [0.1, 0.15) is 27.3 Å². The number of aromatic nitrogens is 2. The number of anilines is 1. The van der Waals surface area contributed by atoms with Crippen molar-refractivity contribution in [1.82, 2.24) is 9.78 Å². The Morgan fingerprint density at radius 3 is 2.28 bits per heavy atom. The first-order chi connectivity index (χ1) is 15.4. The van der Waals surface area contributed by atoms with Crippen molar-refractivity contribution in [3.05, 3.63) is 105 Å². The topological polar surface area (TPSA) is 56.2 Å². The molecule has 162 valence electrons. The van der Waals surface area contributed by atoms with Crippen LogP contribution in [0.4, 0.5) is 5.69 Å². The summed E-state index contributed by atoms with van der Waals surface area (Å²) < 4.78 is 7.55. The molecule has 0 spiro atoms. The number of nitrogens with zero attached hydrogens (tertiary/aromatic N) is 2. The van der Waals surface area contributed by atoms with Crippen LogP contribution < -0.4 is 10.1 Å². The highest BCUT2D eigenvalue weighted by atomic mass is 35.5. The molecule has 0 aliphatic carbocycles. The molecule has 0 aliphatic heterocycles. The molecule has 4 rings (SSSR count). The summed E-state index contributed by atoms with van der Waals surface area (Å²) in [5.41, 5.74) is 4.64. The van der Waals surface area contributed by atoms with Crippen LogP contribution in [0.5, 0.6) is 5.75 Å². The van der Waals surface area contributed by atoms with E-state index in [-0.39, 0.29) is 5.91 Å². The Morgan fingerprint density at radius 1 is 0.969 bits per heavy atom. The van der Waals surface area contributed by atoms with Crippen molar-refractivity contribution in [1.29, 1.82) is 0 Å². The molecule has 3 aromatic carbocycles. The summed E-state index contributed by atoms with van der Waals surface area (Å²) in [7, 11) is 0. The van der Waals surface area contributed by atoms with Gasteiger partial charge >= 0.3 is 0 Å². The first-order valence-electron chi connectivity index (χ1n) is 10.0. The Labute approximate surface area is 196 Å².